The maximum Gasteiger partial charge on any atom is 0.0959 e. The number of rotatable bonds is 6. The van der Waals surface area contributed by atoms with E-state index in [9.17, 15) is 0 Å². The Morgan fingerprint density at radius 2 is 2.14 bits per heavy atom. The lowest BCUT2D eigenvalue weighted by Gasteiger charge is -2.19. The van der Waals surface area contributed by atoms with E-state index in [0.717, 1.165) is 24.9 Å². The zero-order valence-corrected chi connectivity index (χ0v) is 14.4. The lowest BCUT2D eigenvalue weighted by molar-refractivity contribution is 0.268. The van der Waals surface area contributed by atoms with Gasteiger partial charge >= 0.3 is 0 Å². The topological polar surface area (TPSA) is 19.4 Å². The predicted octanol–water partition coefficient (Wildman–Crippen LogP) is 3.57. The summed E-state index contributed by atoms with van der Waals surface area (Å²) in [6, 6.07) is 0. The van der Waals surface area contributed by atoms with Gasteiger partial charge in [-0.15, -0.1) is 11.3 Å². The van der Waals surface area contributed by atoms with Crippen LogP contribution in [0.4, 0.5) is 0 Å². The SMILES string of the molecule is CCN(C)C[C@H]1CCN(Cc2cnc(C3CCCC3)s2)C1. The van der Waals surface area contributed by atoms with Crippen LogP contribution in [-0.4, -0.2) is 48.0 Å². The van der Waals surface area contributed by atoms with E-state index >= 15 is 0 Å². The molecule has 0 radical (unpaired) electrons. The number of aromatic nitrogens is 1. The molecular formula is C17H29N3S. The number of hydrogen-bond donors (Lipinski definition) is 0. The summed E-state index contributed by atoms with van der Waals surface area (Å²) in [5, 5.41) is 1.41. The van der Waals surface area contributed by atoms with Crippen molar-refractivity contribution >= 4 is 11.3 Å². The molecule has 0 bridgehead atoms. The van der Waals surface area contributed by atoms with Crippen LogP contribution in [0.2, 0.25) is 0 Å². The molecule has 3 rings (SSSR count). The molecule has 21 heavy (non-hydrogen) atoms. The summed E-state index contributed by atoms with van der Waals surface area (Å²) in [5.74, 6) is 1.63. The molecule has 2 heterocycles. The summed E-state index contributed by atoms with van der Waals surface area (Å²) >= 11 is 1.97. The lowest BCUT2D eigenvalue weighted by atomic mass is 10.1. The predicted molar refractivity (Wildman–Crippen MR) is 89.9 cm³/mol. The van der Waals surface area contributed by atoms with Crippen molar-refractivity contribution in [3.63, 3.8) is 0 Å². The maximum atomic E-state index is 4.70. The van der Waals surface area contributed by atoms with Crippen molar-refractivity contribution in [3.8, 4) is 0 Å². The van der Waals surface area contributed by atoms with Gasteiger partial charge in [-0.3, -0.25) is 4.90 Å². The zero-order chi connectivity index (χ0) is 14.7. The third kappa shape index (κ3) is 4.05. The standard InChI is InChI=1S/C17H29N3S/c1-3-19(2)11-14-8-9-20(12-14)13-16-10-18-17(21-16)15-6-4-5-7-15/h10,14-15H,3-9,11-13H2,1-2H3/t14-/m1/s1. The third-order valence-electron chi connectivity index (χ3n) is 5.13. The van der Waals surface area contributed by atoms with Crippen LogP contribution in [0.1, 0.15) is 54.8 Å². The van der Waals surface area contributed by atoms with Crippen LogP contribution in [0.5, 0.6) is 0 Å². The summed E-state index contributed by atoms with van der Waals surface area (Å²) in [5.41, 5.74) is 0. The Morgan fingerprint density at radius 3 is 2.90 bits per heavy atom. The number of hydrogen-bond acceptors (Lipinski definition) is 4. The first-order valence-electron chi connectivity index (χ1n) is 8.60. The Kier molecular flexibility index (Phi) is 5.30. The van der Waals surface area contributed by atoms with Gasteiger partial charge in [0, 0.05) is 36.6 Å². The van der Waals surface area contributed by atoms with Crippen molar-refractivity contribution in [2.75, 3.05) is 33.2 Å². The molecule has 0 amide bonds. The molecule has 1 aliphatic carbocycles. The van der Waals surface area contributed by atoms with Crippen LogP contribution in [-0.2, 0) is 6.54 Å². The highest BCUT2D eigenvalue weighted by Crippen LogP contribution is 2.36. The van der Waals surface area contributed by atoms with E-state index < -0.39 is 0 Å². The summed E-state index contributed by atoms with van der Waals surface area (Å²) in [6.07, 6.45) is 9.03. The van der Waals surface area contributed by atoms with Crippen molar-refractivity contribution in [3.05, 3.63) is 16.1 Å². The monoisotopic (exact) mass is 307 g/mol. The van der Waals surface area contributed by atoms with Crippen molar-refractivity contribution in [2.45, 2.75) is 51.5 Å². The first-order chi connectivity index (χ1) is 10.2. The molecule has 0 spiro atoms. The normalized spacial score (nSPS) is 24.4. The minimum atomic E-state index is 0.772. The fourth-order valence-corrected chi connectivity index (χ4v) is 4.88. The van der Waals surface area contributed by atoms with Gasteiger partial charge in [0.05, 0.1) is 5.01 Å². The van der Waals surface area contributed by atoms with Crippen LogP contribution in [0, 0.1) is 5.92 Å². The first kappa shape index (κ1) is 15.4. The molecule has 0 N–H and O–H groups in total. The Labute approximate surface area is 133 Å². The van der Waals surface area contributed by atoms with Crippen molar-refractivity contribution in [1.82, 2.24) is 14.8 Å². The quantitative estimate of drug-likeness (QED) is 0.801. The largest absolute Gasteiger partial charge is 0.306 e. The highest BCUT2D eigenvalue weighted by molar-refractivity contribution is 7.11. The van der Waals surface area contributed by atoms with Crippen LogP contribution in [0.25, 0.3) is 0 Å². The van der Waals surface area contributed by atoms with Gasteiger partial charge < -0.3 is 4.90 Å². The highest BCUT2D eigenvalue weighted by atomic mass is 32.1. The Hall–Kier alpha value is -0.450. The molecule has 4 heteroatoms. The van der Waals surface area contributed by atoms with Gasteiger partial charge in [0.25, 0.3) is 0 Å². The van der Waals surface area contributed by atoms with E-state index in [1.165, 1.54) is 61.6 Å². The van der Waals surface area contributed by atoms with Gasteiger partial charge in [-0.25, -0.2) is 4.98 Å². The second-order valence-electron chi connectivity index (χ2n) is 6.89. The van der Waals surface area contributed by atoms with E-state index in [2.05, 4.69) is 30.0 Å². The molecule has 1 aromatic heterocycles. The van der Waals surface area contributed by atoms with Gasteiger partial charge in [0.1, 0.15) is 0 Å². The van der Waals surface area contributed by atoms with E-state index in [1.54, 1.807) is 0 Å². The Morgan fingerprint density at radius 1 is 1.33 bits per heavy atom. The number of likely N-dealkylation sites (tertiary alicyclic amines) is 1. The molecule has 1 saturated heterocycles. The van der Waals surface area contributed by atoms with Crippen molar-refractivity contribution in [1.29, 1.82) is 0 Å². The fourth-order valence-electron chi connectivity index (χ4n) is 3.75. The average Bonchev–Trinajstić information content (AvgIpc) is 3.19. The Bertz CT molecular complexity index is 439. The number of nitrogens with zero attached hydrogens (tertiary/aromatic N) is 3. The maximum absolute atomic E-state index is 4.70. The molecule has 118 valence electrons. The van der Waals surface area contributed by atoms with Crippen LogP contribution < -0.4 is 0 Å². The highest BCUT2D eigenvalue weighted by Gasteiger charge is 2.25. The van der Waals surface area contributed by atoms with Crippen LogP contribution >= 0.6 is 11.3 Å². The van der Waals surface area contributed by atoms with Crippen molar-refractivity contribution < 1.29 is 0 Å². The second-order valence-corrected chi connectivity index (χ2v) is 8.04. The molecular weight excluding hydrogens is 278 g/mol. The Balaban J connectivity index is 1.48. The average molecular weight is 308 g/mol. The van der Waals surface area contributed by atoms with Crippen LogP contribution in [0.15, 0.2) is 6.20 Å². The summed E-state index contributed by atoms with van der Waals surface area (Å²) in [7, 11) is 2.24. The molecule has 1 saturated carbocycles. The third-order valence-corrected chi connectivity index (χ3v) is 6.28. The fraction of sp³-hybridized carbons (Fsp3) is 0.824. The van der Waals surface area contributed by atoms with Gasteiger partial charge in [-0.05, 0) is 45.3 Å². The number of thiazole rings is 1. The molecule has 1 aromatic rings. The van der Waals surface area contributed by atoms with Gasteiger partial charge in [-0.1, -0.05) is 19.8 Å². The second kappa shape index (κ2) is 7.21. The molecule has 0 unspecified atom stereocenters. The molecule has 2 aliphatic rings. The van der Waals surface area contributed by atoms with Crippen molar-refractivity contribution in [2.24, 2.45) is 5.92 Å². The van der Waals surface area contributed by atoms with Gasteiger partial charge in [0.2, 0.25) is 0 Å². The minimum absolute atomic E-state index is 0.772. The molecule has 1 atom stereocenters. The lowest BCUT2D eigenvalue weighted by Crippen LogP contribution is -2.27. The molecule has 3 nitrogen and oxygen atoms in total. The van der Waals surface area contributed by atoms with Gasteiger partial charge in [0.15, 0.2) is 0 Å². The summed E-state index contributed by atoms with van der Waals surface area (Å²) < 4.78 is 0. The summed E-state index contributed by atoms with van der Waals surface area (Å²) in [4.78, 5) is 11.2. The smallest absolute Gasteiger partial charge is 0.0959 e. The van der Waals surface area contributed by atoms with Crippen LogP contribution in [0.3, 0.4) is 0 Å². The first-order valence-corrected chi connectivity index (χ1v) is 9.41. The molecule has 1 aliphatic heterocycles. The van der Waals surface area contributed by atoms with E-state index in [0.29, 0.717) is 0 Å². The van der Waals surface area contributed by atoms with E-state index in [4.69, 9.17) is 4.98 Å². The molecule has 0 aromatic carbocycles. The van der Waals surface area contributed by atoms with E-state index in [1.807, 2.05) is 11.3 Å². The molecule has 2 fully saturated rings. The van der Waals surface area contributed by atoms with Gasteiger partial charge in [-0.2, -0.15) is 0 Å². The van der Waals surface area contributed by atoms with E-state index in [-0.39, 0.29) is 0 Å². The minimum Gasteiger partial charge on any atom is -0.306 e. The summed E-state index contributed by atoms with van der Waals surface area (Å²) in [6.45, 7) is 8.31. The zero-order valence-electron chi connectivity index (χ0n) is 13.6.